The summed E-state index contributed by atoms with van der Waals surface area (Å²) in [4.78, 5) is 11.6. The van der Waals surface area contributed by atoms with Crippen LogP contribution >= 0.6 is 0 Å². The van der Waals surface area contributed by atoms with E-state index in [0.29, 0.717) is 17.4 Å². The number of hydrogen-bond donors (Lipinski definition) is 3. The summed E-state index contributed by atoms with van der Waals surface area (Å²) in [6, 6.07) is 4.59. The van der Waals surface area contributed by atoms with Gasteiger partial charge in [-0.2, -0.15) is 10.1 Å². The minimum absolute atomic E-state index is 0.424. The molecule has 4 aliphatic rings. The van der Waals surface area contributed by atoms with Gasteiger partial charge >= 0.3 is 0 Å². The lowest BCUT2D eigenvalue weighted by molar-refractivity contribution is 0.196. The first-order valence-corrected chi connectivity index (χ1v) is 8.81. The summed E-state index contributed by atoms with van der Waals surface area (Å²) >= 11 is 0. The molecule has 0 amide bonds. The number of H-pyrrole nitrogens is 1. The van der Waals surface area contributed by atoms with Crippen molar-refractivity contribution in [1.29, 1.82) is 0 Å². The highest BCUT2D eigenvalue weighted by Gasteiger charge is 2.55. The zero-order valence-electron chi connectivity index (χ0n) is 13.9. The van der Waals surface area contributed by atoms with E-state index in [4.69, 9.17) is 4.98 Å². The quantitative estimate of drug-likeness (QED) is 0.754. The molecule has 0 radical (unpaired) electrons. The van der Waals surface area contributed by atoms with E-state index in [-0.39, 0.29) is 0 Å². The van der Waals surface area contributed by atoms with Gasteiger partial charge in [0.1, 0.15) is 5.82 Å². The van der Waals surface area contributed by atoms with Crippen LogP contribution in [-0.2, 0) is 0 Å². The lowest BCUT2D eigenvalue weighted by Crippen LogP contribution is -2.41. The molecule has 2 aromatic rings. The molecule has 7 heteroatoms. The molecule has 3 N–H and O–H groups in total. The number of nitrogens with one attached hydrogen (secondary N) is 3. The van der Waals surface area contributed by atoms with Crippen LogP contribution in [0.3, 0.4) is 0 Å². The summed E-state index contributed by atoms with van der Waals surface area (Å²) in [5.41, 5.74) is 1.65. The fraction of sp³-hybridized carbons (Fsp3) is 0.588. The summed E-state index contributed by atoms with van der Waals surface area (Å²) < 4.78 is 0. The second-order valence-electron chi connectivity index (χ2n) is 7.57. The van der Waals surface area contributed by atoms with Crippen LogP contribution in [0.5, 0.6) is 0 Å². The Hall–Kier alpha value is -2.15. The fourth-order valence-electron chi connectivity index (χ4n) is 4.28. The van der Waals surface area contributed by atoms with Crippen LogP contribution in [0, 0.1) is 5.41 Å². The van der Waals surface area contributed by atoms with Crippen molar-refractivity contribution in [2.24, 2.45) is 5.41 Å². The van der Waals surface area contributed by atoms with E-state index in [2.05, 4.69) is 36.8 Å². The molecular formula is C17H23N7. The summed E-state index contributed by atoms with van der Waals surface area (Å²) in [7, 11) is 2.03. The number of anilines is 3. The molecule has 2 aliphatic carbocycles. The van der Waals surface area contributed by atoms with Crippen molar-refractivity contribution in [2.45, 2.75) is 37.6 Å². The van der Waals surface area contributed by atoms with Crippen molar-refractivity contribution in [1.82, 2.24) is 25.5 Å². The molecule has 2 aromatic heterocycles. The minimum atomic E-state index is 0.424. The topological polar surface area (TPSA) is 81.8 Å². The van der Waals surface area contributed by atoms with Crippen molar-refractivity contribution in [2.75, 3.05) is 30.4 Å². The van der Waals surface area contributed by atoms with Gasteiger partial charge in [0.25, 0.3) is 0 Å². The van der Waals surface area contributed by atoms with Crippen molar-refractivity contribution in [3.05, 3.63) is 24.0 Å². The van der Waals surface area contributed by atoms with Crippen molar-refractivity contribution in [3.63, 3.8) is 0 Å². The van der Waals surface area contributed by atoms with Gasteiger partial charge < -0.3 is 15.5 Å². The first-order chi connectivity index (χ1) is 11.7. The Bertz CT molecular complexity index is 745. The highest BCUT2D eigenvalue weighted by atomic mass is 15.3. The van der Waals surface area contributed by atoms with E-state index in [1.807, 2.05) is 19.3 Å². The Labute approximate surface area is 141 Å². The zero-order valence-corrected chi connectivity index (χ0v) is 13.9. The van der Waals surface area contributed by atoms with Crippen LogP contribution in [-0.4, -0.2) is 46.3 Å². The van der Waals surface area contributed by atoms with Gasteiger partial charge in [-0.25, -0.2) is 4.98 Å². The summed E-state index contributed by atoms with van der Waals surface area (Å²) in [5, 5.41) is 14.1. The Balaban J connectivity index is 1.31. The highest BCUT2D eigenvalue weighted by Crippen LogP contribution is 2.52. The van der Waals surface area contributed by atoms with Gasteiger partial charge in [-0.05, 0) is 38.8 Å². The van der Waals surface area contributed by atoms with Crippen LogP contribution in [0.4, 0.5) is 17.6 Å². The molecule has 7 nitrogen and oxygen atoms in total. The molecule has 2 aliphatic heterocycles. The molecule has 4 heterocycles. The van der Waals surface area contributed by atoms with Crippen LogP contribution in [0.15, 0.2) is 18.3 Å². The van der Waals surface area contributed by atoms with E-state index in [9.17, 15) is 0 Å². The molecule has 2 saturated carbocycles. The van der Waals surface area contributed by atoms with Gasteiger partial charge in [0.15, 0.2) is 5.82 Å². The van der Waals surface area contributed by atoms with Crippen molar-refractivity contribution >= 4 is 17.6 Å². The number of hydrogen-bond acceptors (Lipinski definition) is 6. The summed E-state index contributed by atoms with van der Waals surface area (Å²) in [6.45, 7) is 2.13. The van der Waals surface area contributed by atoms with E-state index < -0.39 is 0 Å². The maximum atomic E-state index is 4.72. The van der Waals surface area contributed by atoms with Crippen LogP contribution in [0.25, 0.3) is 0 Å². The lowest BCUT2D eigenvalue weighted by atomic mass is 9.70. The van der Waals surface area contributed by atoms with Crippen LogP contribution in [0.1, 0.15) is 37.3 Å². The Kier molecular flexibility index (Phi) is 3.06. The maximum Gasteiger partial charge on any atom is 0.227 e. The average Bonchev–Trinajstić information content (AvgIpc) is 3.04. The van der Waals surface area contributed by atoms with E-state index in [1.165, 1.54) is 31.4 Å². The molecular weight excluding hydrogens is 302 g/mol. The lowest BCUT2D eigenvalue weighted by Gasteiger charge is -2.36. The largest absolute Gasteiger partial charge is 0.337 e. The number of fused-ring (bicyclic) bond motifs is 1. The normalized spacial score (nSPS) is 28.0. The zero-order chi connectivity index (χ0) is 16.1. The molecule has 0 atom stereocenters. The van der Waals surface area contributed by atoms with E-state index in [1.54, 1.807) is 0 Å². The second kappa shape index (κ2) is 5.17. The Morgan fingerprint density at radius 1 is 1.33 bits per heavy atom. The van der Waals surface area contributed by atoms with Gasteiger partial charge in [0.2, 0.25) is 5.95 Å². The highest BCUT2D eigenvalue weighted by molar-refractivity contribution is 5.54. The number of nitrogens with zero attached hydrogens (tertiary/aromatic N) is 4. The molecule has 4 fully saturated rings. The Morgan fingerprint density at radius 2 is 2.21 bits per heavy atom. The summed E-state index contributed by atoms with van der Waals surface area (Å²) in [5.74, 6) is 3.15. The average molecular weight is 325 g/mol. The predicted octanol–water partition coefficient (Wildman–Crippen LogP) is 2.01. The van der Waals surface area contributed by atoms with Crippen LogP contribution < -0.4 is 15.5 Å². The van der Waals surface area contributed by atoms with E-state index >= 15 is 0 Å². The van der Waals surface area contributed by atoms with Crippen molar-refractivity contribution in [3.8, 4) is 0 Å². The van der Waals surface area contributed by atoms with E-state index in [0.717, 1.165) is 30.7 Å². The van der Waals surface area contributed by atoms with Crippen LogP contribution in [0.2, 0.25) is 0 Å². The molecule has 2 bridgehead atoms. The maximum absolute atomic E-state index is 4.72. The smallest absolute Gasteiger partial charge is 0.227 e. The van der Waals surface area contributed by atoms with Gasteiger partial charge in [0.05, 0.1) is 0 Å². The second-order valence-corrected chi connectivity index (χ2v) is 7.57. The molecule has 0 unspecified atom stereocenters. The third-order valence-electron chi connectivity index (χ3n) is 5.61. The number of rotatable bonds is 6. The van der Waals surface area contributed by atoms with Crippen molar-refractivity contribution < 1.29 is 0 Å². The Morgan fingerprint density at radius 3 is 3.00 bits per heavy atom. The molecule has 6 rings (SSSR count). The van der Waals surface area contributed by atoms with Gasteiger partial charge in [0, 0.05) is 48.4 Å². The first kappa shape index (κ1) is 14.2. The number of aromatic amines is 1. The van der Waals surface area contributed by atoms with Gasteiger partial charge in [-0.3, -0.25) is 5.10 Å². The SMILES string of the molecule is CNCC12CC(C1)N(c1nccc(Nc3cc(C4CC4)[nH]n3)n1)C2. The standard InChI is InChI=1S/C17H23N7/c1-18-9-17-7-12(8-17)24(10-17)16-19-5-4-14(21-16)20-15-6-13(22-23-15)11-2-3-11/h4-6,11-12,18H,2-3,7-10H2,1H3,(H2,19,20,21,22,23). The summed E-state index contributed by atoms with van der Waals surface area (Å²) in [6.07, 6.45) is 6.87. The van der Waals surface area contributed by atoms with Gasteiger partial charge in [-0.1, -0.05) is 0 Å². The first-order valence-electron chi connectivity index (χ1n) is 8.81. The molecule has 2 saturated heterocycles. The minimum Gasteiger partial charge on any atom is -0.337 e. The molecule has 24 heavy (non-hydrogen) atoms. The third-order valence-corrected chi connectivity index (χ3v) is 5.61. The molecule has 0 aromatic carbocycles. The molecule has 0 spiro atoms. The predicted molar refractivity (Wildman–Crippen MR) is 92.6 cm³/mol. The third kappa shape index (κ3) is 2.34. The van der Waals surface area contributed by atoms with Gasteiger partial charge in [-0.15, -0.1) is 0 Å². The monoisotopic (exact) mass is 325 g/mol. The fourth-order valence-corrected chi connectivity index (χ4v) is 4.28. The number of aromatic nitrogens is 4. The molecule has 126 valence electrons.